The number of benzene rings is 1. The van der Waals surface area contributed by atoms with Crippen molar-refractivity contribution in [3.63, 3.8) is 0 Å². The van der Waals surface area contributed by atoms with E-state index in [1.54, 1.807) is 0 Å². The molecule has 0 bridgehead atoms. The second kappa shape index (κ2) is 4.24. The third kappa shape index (κ3) is 2.52. The second-order valence-corrected chi connectivity index (χ2v) is 6.37. The van der Waals surface area contributed by atoms with Gasteiger partial charge in [-0.2, -0.15) is 23.8 Å². The molecule has 0 spiro atoms. The average Bonchev–Trinajstić information content (AvgIpc) is 2.71. The molecule has 0 radical (unpaired) electrons. The molecular weight excluding hydrogens is 199 g/mol. The molecule has 0 nitrogen and oxygen atoms in total. The maximum absolute atomic E-state index is 2.31. The molecule has 0 aromatic heterocycles. The molecule has 15 heavy (non-hydrogen) atoms. The fourth-order valence-corrected chi connectivity index (χ4v) is 3.14. The Balaban J connectivity index is 2.18. The Kier molecular flexibility index (Phi) is 2.98. The van der Waals surface area contributed by atoms with Crippen molar-refractivity contribution in [1.82, 2.24) is 0 Å². The molecular formula is C14H16P-. The predicted octanol–water partition coefficient (Wildman–Crippen LogP) is 3.64. The number of hydrogen-bond acceptors (Lipinski definition) is 0. The molecule has 0 aliphatic heterocycles. The van der Waals surface area contributed by atoms with Crippen molar-refractivity contribution in [1.29, 1.82) is 0 Å². The molecule has 1 heteroatoms. The topological polar surface area (TPSA) is 0 Å². The normalized spacial score (nSPS) is 12.4. The molecule has 2 aromatic rings. The summed E-state index contributed by atoms with van der Waals surface area (Å²) >= 11 is 0. The van der Waals surface area contributed by atoms with Crippen molar-refractivity contribution < 1.29 is 0 Å². The first-order valence-electron chi connectivity index (χ1n) is 5.24. The van der Waals surface area contributed by atoms with E-state index in [1.165, 1.54) is 10.9 Å². The van der Waals surface area contributed by atoms with Gasteiger partial charge in [0.25, 0.3) is 0 Å². The van der Waals surface area contributed by atoms with Gasteiger partial charge in [0.05, 0.1) is 0 Å². The van der Waals surface area contributed by atoms with Crippen LogP contribution in [0, 0.1) is 0 Å². The standard InChI is InChI=1S/C14H16P/c1-14(2,12-8-6-7-9-12)15-13-10-4-3-5-11-13/h3-11,15H,1-2H3/q-1. The first-order valence-corrected chi connectivity index (χ1v) is 6.24. The van der Waals surface area contributed by atoms with E-state index >= 15 is 0 Å². The van der Waals surface area contributed by atoms with Crippen LogP contribution in [0.5, 0.6) is 0 Å². The molecule has 0 fully saturated rings. The van der Waals surface area contributed by atoms with Crippen molar-refractivity contribution in [2.24, 2.45) is 0 Å². The highest BCUT2D eigenvalue weighted by molar-refractivity contribution is 7.48. The first-order chi connectivity index (χ1) is 7.18. The molecule has 0 saturated heterocycles. The van der Waals surface area contributed by atoms with Crippen LogP contribution in [0.3, 0.4) is 0 Å². The van der Waals surface area contributed by atoms with Crippen molar-refractivity contribution in [3.05, 3.63) is 60.2 Å². The van der Waals surface area contributed by atoms with Crippen LogP contribution < -0.4 is 5.30 Å². The lowest BCUT2D eigenvalue weighted by Gasteiger charge is -2.30. The summed E-state index contributed by atoms with van der Waals surface area (Å²) in [6.07, 6.45) is 0. The van der Waals surface area contributed by atoms with Gasteiger partial charge in [-0.05, 0) is 10.5 Å². The Bertz CT molecular complexity index is 398. The Morgan fingerprint density at radius 1 is 1.07 bits per heavy atom. The fraction of sp³-hybridized carbons (Fsp3) is 0.214. The first kappa shape index (κ1) is 10.5. The molecule has 0 heterocycles. The van der Waals surface area contributed by atoms with Crippen LogP contribution in [0.4, 0.5) is 0 Å². The third-order valence-corrected chi connectivity index (χ3v) is 4.15. The minimum absolute atomic E-state index is 0.255. The number of rotatable bonds is 3. The van der Waals surface area contributed by atoms with Gasteiger partial charge >= 0.3 is 0 Å². The van der Waals surface area contributed by atoms with Crippen LogP contribution in [0.15, 0.2) is 54.6 Å². The van der Waals surface area contributed by atoms with E-state index in [-0.39, 0.29) is 5.16 Å². The summed E-state index contributed by atoms with van der Waals surface area (Å²) in [6, 6.07) is 19.4. The minimum atomic E-state index is 0.255. The highest BCUT2D eigenvalue weighted by Crippen LogP contribution is 2.40. The van der Waals surface area contributed by atoms with Gasteiger partial charge in [0.15, 0.2) is 0 Å². The quantitative estimate of drug-likeness (QED) is 0.541. The SMILES string of the molecule is CC(C)(Pc1ccccc1)c1cc[cH-]c1. The maximum atomic E-state index is 2.31. The zero-order valence-corrected chi connectivity index (χ0v) is 10.2. The van der Waals surface area contributed by atoms with E-state index in [9.17, 15) is 0 Å². The van der Waals surface area contributed by atoms with Gasteiger partial charge in [-0.15, -0.1) is 0 Å². The largest absolute Gasteiger partial charge is 0.210 e. The van der Waals surface area contributed by atoms with Crippen LogP contribution in [-0.2, 0) is 5.16 Å². The third-order valence-electron chi connectivity index (χ3n) is 2.61. The summed E-state index contributed by atoms with van der Waals surface area (Å²) in [5.74, 6) is 0. The van der Waals surface area contributed by atoms with Gasteiger partial charge in [0.2, 0.25) is 0 Å². The highest BCUT2D eigenvalue weighted by Gasteiger charge is 2.14. The van der Waals surface area contributed by atoms with Gasteiger partial charge in [-0.3, -0.25) is 0 Å². The summed E-state index contributed by atoms with van der Waals surface area (Å²) in [5.41, 5.74) is 1.43. The minimum Gasteiger partial charge on any atom is -0.210 e. The van der Waals surface area contributed by atoms with E-state index in [0.29, 0.717) is 0 Å². The summed E-state index contributed by atoms with van der Waals surface area (Å²) in [7, 11) is 0.826. The average molecular weight is 215 g/mol. The summed E-state index contributed by atoms with van der Waals surface area (Å²) in [6.45, 7) is 4.63. The molecule has 0 aliphatic carbocycles. The van der Waals surface area contributed by atoms with E-state index in [1.807, 2.05) is 0 Å². The molecule has 1 unspecified atom stereocenters. The van der Waals surface area contributed by atoms with Crippen LogP contribution in [0.25, 0.3) is 0 Å². The monoisotopic (exact) mass is 215 g/mol. The van der Waals surface area contributed by atoms with E-state index in [4.69, 9.17) is 0 Å². The van der Waals surface area contributed by atoms with E-state index in [2.05, 4.69) is 68.4 Å². The number of hydrogen-bond donors (Lipinski definition) is 0. The van der Waals surface area contributed by atoms with Crippen LogP contribution in [0.1, 0.15) is 19.4 Å². The van der Waals surface area contributed by atoms with Crippen LogP contribution in [-0.4, -0.2) is 0 Å². The summed E-state index contributed by atoms with van der Waals surface area (Å²) in [4.78, 5) is 0. The molecule has 78 valence electrons. The van der Waals surface area contributed by atoms with Crippen molar-refractivity contribution >= 4 is 13.9 Å². The Hall–Kier alpha value is -1.00. The Morgan fingerprint density at radius 3 is 2.40 bits per heavy atom. The van der Waals surface area contributed by atoms with Gasteiger partial charge in [0, 0.05) is 0 Å². The van der Waals surface area contributed by atoms with Crippen LogP contribution >= 0.6 is 8.58 Å². The highest BCUT2D eigenvalue weighted by atomic mass is 31.1. The second-order valence-electron chi connectivity index (χ2n) is 4.29. The molecule has 0 amide bonds. The Labute approximate surface area is 93.5 Å². The predicted molar refractivity (Wildman–Crippen MR) is 69.5 cm³/mol. The molecule has 0 saturated carbocycles. The lowest BCUT2D eigenvalue weighted by molar-refractivity contribution is 0.781. The molecule has 0 aliphatic rings. The zero-order chi connectivity index (χ0) is 10.7. The zero-order valence-electron chi connectivity index (χ0n) is 9.20. The smallest absolute Gasteiger partial charge is 0.0273 e. The van der Waals surface area contributed by atoms with Gasteiger partial charge in [-0.25, -0.2) is 6.07 Å². The Morgan fingerprint density at radius 2 is 1.80 bits per heavy atom. The van der Waals surface area contributed by atoms with Crippen molar-refractivity contribution in [3.8, 4) is 0 Å². The fourth-order valence-electron chi connectivity index (χ4n) is 1.75. The maximum Gasteiger partial charge on any atom is -0.0273 e. The lowest BCUT2D eigenvalue weighted by atomic mass is 10.1. The van der Waals surface area contributed by atoms with Crippen molar-refractivity contribution in [2.75, 3.05) is 0 Å². The van der Waals surface area contributed by atoms with Crippen molar-refractivity contribution in [2.45, 2.75) is 19.0 Å². The molecule has 2 rings (SSSR count). The molecule has 2 aromatic carbocycles. The van der Waals surface area contributed by atoms with E-state index in [0.717, 1.165) is 8.58 Å². The van der Waals surface area contributed by atoms with Crippen LogP contribution in [0.2, 0.25) is 0 Å². The molecule has 1 atom stereocenters. The van der Waals surface area contributed by atoms with Gasteiger partial charge < -0.3 is 0 Å². The lowest BCUT2D eigenvalue weighted by Crippen LogP contribution is -2.13. The summed E-state index contributed by atoms with van der Waals surface area (Å²) < 4.78 is 0. The molecule has 0 N–H and O–H groups in total. The van der Waals surface area contributed by atoms with E-state index < -0.39 is 0 Å². The summed E-state index contributed by atoms with van der Waals surface area (Å²) in [5, 5.41) is 1.69. The van der Waals surface area contributed by atoms with Gasteiger partial charge in [-0.1, -0.05) is 52.8 Å². The van der Waals surface area contributed by atoms with Gasteiger partial charge in [0.1, 0.15) is 0 Å².